The highest BCUT2D eigenvalue weighted by Gasteiger charge is 2.17. The lowest BCUT2D eigenvalue weighted by atomic mass is 10.1. The van der Waals surface area contributed by atoms with Crippen molar-refractivity contribution in [2.75, 3.05) is 20.1 Å². The molecule has 2 amide bonds. The van der Waals surface area contributed by atoms with Crippen LogP contribution in [-0.4, -0.2) is 42.4 Å². The number of halogens is 1. The van der Waals surface area contributed by atoms with Crippen LogP contribution in [0.2, 0.25) is 5.02 Å². The Morgan fingerprint density at radius 3 is 2.17 bits per heavy atom. The van der Waals surface area contributed by atoms with Crippen molar-refractivity contribution < 1.29 is 9.59 Å². The van der Waals surface area contributed by atoms with Gasteiger partial charge in [0.05, 0.1) is 19.1 Å². The quantitative estimate of drug-likeness (QED) is 0.836. The maximum Gasteiger partial charge on any atom is 0.234 e. The van der Waals surface area contributed by atoms with Crippen LogP contribution in [0.5, 0.6) is 0 Å². The van der Waals surface area contributed by atoms with Gasteiger partial charge in [-0.15, -0.1) is 0 Å². The summed E-state index contributed by atoms with van der Waals surface area (Å²) < 4.78 is 0. The first-order valence-electron chi connectivity index (χ1n) is 7.61. The Hall–Kier alpha value is -1.59. The average Bonchev–Trinajstić information content (AvgIpc) is 2.36. The summed E-state index contributed by atoms with van der Waals surface area (Å²) in [5.74, 6) is -0.225. The van der Waals surface area contributed by atoms with Crippen molar-refractivity contribution in [1.82, 2.24) is 15.5 Å². The molecule has 0 heterocycles. The summed E-state index contributed by atoms with van der Waals surface area (Å²) >= 11 is 5.85. The molecule has 0 fully saturated rings. The molecule has 0 aliphatic carbocycles. The monoisotopic (exact) mass is 339 g/mol. The number of carbonyl (C=O) groups excluding carboxylic acids is 2. The summed E-state index contributed by atoms with van der Waals surface area (Å²) in [5, 5.41) is 6.45. The number of hydrogen-bond acceptors (Lipinski definition) is 3. The summed E-state index contributed by atoms with van der Waals surface area (Å²) in [7, 11) is 1.74. The van der Waals surface area contributed by atoms with Gasteiger partial charge in [0, 0.05) is 10.6 Å². The van der Waals surface area contributed by atoms with Crippen LogP contribution >= 0.6 is 11.6 Å². The van der Waals surface area contributed by atoms with Crippen molar-refractivity contribution in [3.8, 4) is 0 Å². The average molecular weight is 340 g/mol. The lowest BCUT2D eigenvalue weighted by Crippen LogP contribution is -2.47. The molecule has 1 aromatic carbocycles. The Balaban J connectivity index is 2.43. The van der Waals surface area contributed by atoms with Gasteiger partial charge in [0.25, 0.3) is 0 Å². The zero-order valence-electron chi connectivity index (χ0n) is 14.4. The number of amides is 2. The topological polar surface area (TPSA) is 61.4 Å². The largest absolute Gasteiger partial charge is 0.350 e. The molecule has 1 atom stereocenters. The molecule has 0 aliphatic heterocycles. The Morgan fingerprint density at radius 1 is 1.13 bits per heavy atom. The first kappa shape index (κ1) is 19.5. The Bertz CT molecular complexity index is 538. The second-order valence-corrected chi connectivity index (χ2v) is 7.25. The number of likely N-dealkylation sites (N-methyl/N-ethyl adjacent to an activating group) is 1. The normalized spacial score (nSPS) is 12.8. The van der Waals surface area contributed by atoms with Crippen LogP contribution in [0.1, 0.15) is 39.3 Å². The third kappa shape index (κ3) is 8.00. The van der Waals surface area contributed by atoms with Gasteiger partial charge < -0.3 is 10.6 Å². The molecule has 1 aromatic rings. The van der Waals surface area contributed by atoms with Gasteiger partial charge in [-0.2, -0.15) is 0 Å². The molecule has 0 saturated carbocycles. The molecule has 5 nitrogen and oxygen atoms in total. The van der Waals surface area contributed by atoms with Crippen LogP contribution in [0.4, 0.5) is 0 Å². The predicted molar refractivity (Wildman–Crippen MR) is 93.4 cm³/mol. The summed E-state index contributed by atoms with van der Waals surface area (Å²) in [6, 6.07) is 7.24. The fourth-order valence-electron chi connectivity index (χ4n) is 2.13. The number of hydrogen-bond donors (Lipinski definition) is 2. The molecule has 0 aliphatic rings. The van der Waals surface area contributed by atoms with Gasteiger partial charge in [0.2, 0.25) is 11.8 Å². The van der Waals surface area contributed by atoms with Crippen LogP contribution in [0, 0.1) is 0 Å². The molecule has 0 spiro atoms. The lowest BCUT2D eigenvalue weighted by Gasteiger charge is -2.23. The predicted octanol–water partition coefficient (Wildman–Crippen LogP) is 2.36. The maximum atomic E-state index is 12.1. The van der Waals surface area contributed by atoms with Crippen molar-refractivity contribution in [2.45, 2.75) is 39.3 Å². The Kier molecular flexibility index (Phi) is 7.03. The van der Waals surface area contributed by atoms with E-state index in [0.717, 1.165) is 5.56 Å². The highest BCUT2D eigenvalue weighted by molar-refractivity contribution is 6.30. The molecular formula is C17H26ClN3O2. The standard InChI is InChI=1S/C17H26ClN3O2/c1-12(13-6-8-14(18)9-7-13)19-15(22)10-21(5)11-16(23)20-17(2,3)4/h6-9,12H,10-11H2,1-5H3,(H,19,22)(H,20,23)/t12-/m0/s1. The minimum absolute atomic E-state index is 0.0986. The zero-order valence-corrected chi connectivity index (χ0v) is 15.2. The lowest BCUT2D eigenvalue weighted by molar-refractivity contribution is -0.125. The van der Waals surface area contributed by atoms with Crippen molar-refractivity contribution in [3.63, 3.8) is 0 Å². The second kappa shape index (κ2) is 8.31. The van der Waals surface area contributed by atoms with Gasteiger partial charge in [-0.25, -0.2) is 0 Å². The van der Waals surface area contributed by atoms with E-state index in [1.807, 2.05) is 39.8 Å². The first-order chi connectivity index (χ1) is 10.6. The molecule has 0 unspecified atom stereocenters. The molecule has 23 heavy (non-hydrogen) atoms. The van der Waals surface area contributed by atoms with E-state index in [9.17, 15) is 9.59 Å². The van der Waals surface area contributed by atoms with Crippen molar-refractivity contribution in [2.24, 2.45) is 0 Å². The fraction of sp³-hybridized carbons (Fsp3) is 0.529. The number of nitrogens with one attached hydrogen (secondary N) is 2. The fourth-order valence-corrected chi connectivity index (χ4v) is 2.25. The number of rotatable bonds is 6. The van der Waals surface area contributed by atoms with E-state index in [4.69, 9.17) is 11.6 Å². The van der Waals surface area contributed by atoms with Crippen LogP contribution in [0.3, 0.4) is 0 Å². The van der Waals surface area contributed by atoms with Gasteiger partial charge in [-0.05, 0) is 52.4 Å². The van der Waals surface area contributed by atoms with Gasteiger partial charge >= 0.3 is 0 Å². The third-order valence-corrected chi connectivity index (χ3v) is 3.34. The van der Waals surface area contributed by atoms with E-state index >= 15 is 0 Å². The van der Waals surface area contributed by atoms with E-state index in [1.54, 1.807) is 24.1 Å². The molecule has 0 aromatic heterocycles. The maximum absolute atomic E-state index is 12.1. The smallest absolute Gasteiger partial charge is 0.234 e. The number of carbonyl (C=O) groups is 2. The van der Waals surface area contributed by atoms with Crippen molar-refractivity contribution >= 4 is 23.4 Å². The highest BCUT2D eigenvalue weighted by atomic mass is 35.5. The molecule has 2 N–H and O–H groups in total. The SMILES string of the molecule is C[C@H](NC(=O)CN(C)CC(=O)NC(C)(C)C)c1ccc(Cl)cc1. The van der Waals surface area contributed by atoms with Gasteiger partial charge in [0.15, 0.2) is 0 Å². The summed E-state index contributed by atoms with van der Waals surface area (Å²) in [4.78, 5) is 25.6. The summed E-state index contributed by atoms with van der Waals surface area (Å²) in [6.07, 6.45) is 0. The Labute approximate surface area is 143 Å². The van der Waals surface area contributed by atoms with E-state index in [-0.39, 0.29) is 36.5 Å². The molecule has 6 heteroatoms. The van der Waals surface area contributed by atoms with Gasteiger partial charge in [0.1, 0.15) is 0 Å². The second-order valence-electron chi connectivity index (χ2n) is 6.81. The van der Waals surface area contributed by atoms with Crippen molar-refractivity contribution in [1.29, 1.82) is 0 Å². The molecule has 0 saturated heterocycles. The van der Waals surface area contributed by atoms with Crippen molar-refractivity contribution in [3.05, 3.63) is 34.9 Å². The molecule has 0 radical (unpaired) electrons. The van der Waals surface area contributed by atoms with Crippen LogP contribution in [0.15, 0.2) is 24.3 Å². The van der Waals surface area contributed by atoms with E-state index < -0.39 is 0 Å². The number of nitrogens with zero attached hydrogens (tertiary/aromatic N) is 1. The highest BCUT2D eigenvalue weighted by Crippen LogP contribution is 2.15. The zero-order chi connectivity index (χ0) is 17.6. The minimum Gasteiger partial charge on any atom is -0.350 e. The number of benzene rings is 1. The van der Waals surface area contributed by atoms with E-state index in [1.165, 1.54) is 0 Å². The van der Waals surface area contributed by atoms with Crippen LogP contribution in [-0.2, 0) is 9.59 Å². The van der Waals surface area contributed by atoms with Gasteiger partial charge in [-0.3, -0.25) is 14.5 Å². The summed E-state index contributed by atoms with van der Waals surface area (Å²) in [6.45, 7) is 8.02. The molecule has 0 bridgehead atoms. The third-order valence-electron chi connectivity index (χ3n) is 3.09. The Morgan fingerprint density at radius 2 is 1.65 bits per heavy atom. The van der Waals surface area contributed by atoms with E-state index in [2.05, 4.69) is 10.6 Å². The van der Waals surface area contributed by atoms with Crippen LogP contribution in [0.25, 0.3) is 0 Å². The van der Waals surface area contributed by atoms with E-state index in [0.29, 0.717) is 5.02 Å². The molecular weight excluding hydrogens is 314 g/mol. The van der Waals surface area contributed by atoms with Gasteiger partial charge in [-0.1, -0.05) is 23.7 Å². The summed E-state index contributed by atoms with van der Waals surface area (Å²) in [5.41, 5.74) is 0.708. The first-order valence-corrected chi connectivity index (χ1v) is 7.99. The van der Waals surface area contributed by atoms with Crippen LogP contribution < -0.4 is 10.6 Å². The molecule has 1 rings (SSSR count). The molecule has 128 valence electrons. The minimum atomic E-state index is -0.275.